The number of nitrogens with zero attached hydrogens (tertiary/aromatic N) is 2. The third-order valence-electron chi connectivity index (χ3n) is 8.36. The third-order valence-corrected chi connectivity index (χ3v) is 8.36. The molecule has 38 heavy (non-hydrogen) atoms. The fourth-order valence-electron chi connectivity index (χ4n) is 6.39. The SMILES string of the molecule is O=C1CCC(N2Cc3cc(CC4CCN(C(c5ccccc5)c5ccccc5)CC4)ccc3C2=O)C(=O)N1. The monoisotopic (exact) mass is 507 g/mol. The molecule has 194 valence electrons. The largest absolute Gasteiger partial charge is 0.322 e. The molecule has 3 aromatic rings. The van der Waals surface area contributed by atoms with E-state index < -0.39 is 6.04 Å². The van der Waals surface area contributed by atoms with Crippen LogP contribution in [0.25, 0.3) is 0 Å². The van der Waals surface area contributed by atoms with Gasteiger partial charge >= 0.3 is 0 Å². The van der Waals surface area contributed by atoms with E-state index in [4.69, 9.17) is 0 Å². The van der Waals surface area contributed by atoms with E-state index in [1.165, 1.54) is 16.7 Å². The Hall–Kier alpha value is -3.77. The number of hydrogen-bond acceptors (Lipinski definition) is 4. The maximum atomic E-state index is 13.0. The Kier molecular flexibility index (Phi) is 6.81. The van der Waals surface area contributed by atoms with Crippen molar-refractivity contribution in [2.24, 2.45) is 5.92 Å². The van der Waals surface area contributed by atoms with E-state index in [2.05, 4.69) is 83.0 Å². The Morgan fingerprint density at radius 2 is 1.47 bits per heavy atom. The highest BCUT2D eigenvalue weighted by Crippen LogP contribution is 2.34. The lowest BCUT2D eigenvalue weighted by Crippen LogP contribution is -2.52. The van der Waals surface area contributed by atoms with Crippen molar-refractivity contribution in [1.29, 1.82) is 0 Å². The van der Waals surface area contributed by atoms with Crippen LogP contribution in [0.4, 0.5) is 0 Å². The molecule has 1 atom stereocenters. The Bertz CT molecular complexity index is 1290. The van der Waals surface area contributed by atoms with Gasteiger partial charge in [-0.1, -0.05) is 72.8 Å². The third kappa shape index (κ3) is 4.88. The first kappa shape index (κ1) is 24.6. The fourth-order valence-corrected chi connectivity index (χ4v) is 6.39. The van der Waals surface area contributed by atoms with Gasteiger partial charge in [0, 0.05) is 18.5 Å². The lowest BCUT2D eigenvalue weighted by molar-refractivity contribution is -0.136. The van der Waals surface area contributed by atoms with Crippen LogP contribution in [-0.2, 0) is 22.6 Å². The number of nitrogens with one attached hydrogen (secondary N) is 1. The summed E-state index contributed by atoms with van der Waals surface area (Å²) in [4.78, 5) is 41.1. The van der Waals surface area contributed by atoms with E-state index in [1.807, 2.05) is 6.07 Å². The summed E-state index contributed by atoms with van der Waals surface area (Å²) in [6.45, 7) is 2.53. The first-order valence-corrected chi connectivity index (χ1v) is 13.7. The van der Waals surface area contributed by atoms with Crippen LogP contribution in [0.3, 0.4) is 0 Å². The summed E-state index contributed by atoms with van der Waals surface area (Å²) in [6, 6.07) is 27.4. The predicted molar refractivity (Wildman–Crippen MR) is 145 cm³/mol. The molecule has 0 radical (unpaired) electrons. The molecule has 0 saturated carbocycles. The van der Waals surface area contributed by atoms with Crippen molar-refractivity contribution in [3.63, 3.8) is 0 Å². The zero-order chi connectivity index (χ0) is 26.1. The summed E-state index contributed by atoms with van der Waals surface area (Å²) in [6.07, 6.45) is 3.93. The molecule has 6 nitrogen and oxygen atoms in total. The van der Waals surface area contributed by atoms with Crippen molar-refractivity contribution in [2.45, 2.75) is 50.7 Å². The molecule has 6 heteroatoms. The lowest BCUT2D eigenvalue weighted by Gasteiger charge is -2.38. The van der Waals surface area contributed by atoms with E-state index in [0.717, 1.165) is 37.9 Å². The summed E-state index contributed by atoms with van der Waals surface area (Å²) < 4.78 is 0. The van der Waals surface area contributed by atoms with E-state index in [-0.39, 0.29) is 30.2 Å². The van der Waals surface area contributed by atoms with E-state index in [1.54, 1.807) is 4.90 Å². The molecule has 0 aliphatic carbocycles. The second kappa shape index (κ2) is 10.5. The minimum atomic E-state index is -0.567. The van der Waals surface area contributed by atoms with Gasteiger partial charge in [0.05, 0.1) is 6.04 Å². The van der Waals surface area contributed by atoms with Gasteiger partial charge in [-0.25, -0.2) is 0 Å². The van der Waals surface area contributed by atoms with Crippen molar-refractivity contribution < 1.29 is 14.4 Å². The maximum absolute atomic E-state index is 13.0. The number of hydrogen-bond donors (Lipinski definition) is 1. The summed E-state index contributed by atoms with van der Waals surface area (Å²) >= 11 is 0. The molecule has 3 amide bonds. The molecule has 0 spiro atoms. The first-order valence-electron chi connectivity index (χ1n) is 13.7. The van der Waals surface area contributed by atoms with Crippen molar-refractivity contribution in [3.05, 3.63) is 107 Å². The van der Waals surface area contributed by atoms with Gasteiger partial charge in [-0.05, 0) is 73.0 Å². The number of carbonyl (C=O) groups excluding carboxylic acids is 3. The van der Waals surface area contributed by atoms with Crippen LogP contribution >= 0.6 is 0 Å². The number of likely N-dealkylation sites (tertiary alicyclic amines) is 1. The number of fused-ring (bicyclic) bond motifs is 1. The predicted octanol–water partition coefficient (Wildman–Crippen LogP) is 4.49. The highest BCUT2D eigenvalue weighted by atomic mass is 16.2. The molecule has 3 aliphatic rings. The van der Waals surface area contributed by atoms with Crippen molar-refractivity contribution in [1.82, 2.24) is 15.1 Å². The summed E-state index contributed by atoms with van der Waals surface area (Å²) in [5, 5.41) is 2.38. The van der Waals surface area contributed by atoms with Crippen molar-refractivity contribution in [2.75, 3.05) is 13.1 Å². The van der Waals surface area contributed by atoms with Crippen LogP contribution < -0.4 is 5.32 Å². The number of piperidine rings is 2. The zero-order valence-corrected chi connectivity index (χ0v) is 21.5. The molecular weight excluding hydrogens is 474 g/mol. The van der Waals surface area contributed by atoms with Crippen LogP contribution in [0.15, 0.2) is 78.9 Å². The quantitative estimate of drug-likeness (QED) is 0.499. The van der Waals surface area contributed by atoms with Crippen LogP contribution in [-0.4, -0.2) is 46.7 Å². The first-order chi connectivity index (χ1) is 18.6. The van der Waals surface area contributed by atoms with Crippen LogP contribution in [0.1, 0.15) is 64.3 Å². The number of amides is 3. The summed E-state index contributed by atoms with van der Waals surface area (Å²) in [7, 11) is 0. The van der Waals surface area contributed by atoms with Gasteiger partial charge < -0.3 is 4.90 Å². The molecule has 1 N–H and O–H groups in total. The zero-order valence-electron chi connectivity index (χ0n) is 21.5. The van der Waals surface area contributed by atoms with Crippen LogP contribution in [0.2, 0.25) is 0 Å². The van der Waals surface area contributed by atoms with E-state index in [9.17, 15) is 14.4 Å². The average molecular weight is 508 g/mol. The maximum Gasteiger partial charge on any atom is 0.255 e. The van der Waals surface area contributed by atoms with Gasteiger partial charge in [0.25, 0.3) is 5.91 Å². The fraction of sp³-hybridized carbons (Fsp3) is 0.344. The smallest absolute Gasteiger partial charge is 0.255 e. The van der Waals surface area contributed by atoms with Gasteiger partial charge in [-0.15, -0.1) is 0 Å². The highest BCUT2D eigenvalue weighted by molar-refractivity contribution is 6.05. The molecule has 0 aromatic heterocycles. The second-order valence-electron chi connectivity index (χ2n) is 10.8. The molecule has 1 unspecified atom stereocenters. The number of benzene rings is 3. The molecular formula is C32H33N3O3. The number of carbonyl (C=O) groups is 3. The Morgan fingerprint density at radius 3 is 2.11 bits per heavy atom. The standard InChI is InChI=1S/C32H33N3O3/c36-29-14-13-28(31(37)33-29)35-21-26-20-23(11-12-27(26)32(35)38)19-22-15-17-34(18-16-22)30(24-7-3-1-4-8-24)25-9-5-2-6-10-25/h1-12,20,22,28,30H,13-19,21H2,(H,33,36,37). The molecule has 2 saturated heterocycles. The van der Waals surface area contributed by atoms with Gasteiger partial charge in [-0.2, -0.15) is 0 Å². The van der Waals surface area contributed by atoms with Gasteiger partial charge in [-0.3, -0.25) is 24.6 Å². The summed E-state index contributed by atoms with van der Waals surface area (Å²) in [5.41, 5.74) is 5.59. The average Bonchev–Trinajstić information content (AvgIpc) is 3.26. The topological polar surface area (TPSA) is 69.7 Å². The minimum Gasteiger partial charge on any atom is -0.322 e. The highest BCUT2D eigenvalue weighted by Gasteiger charge is 2.39. The van der Waals surface area contributed by atoms with Crippen LogP contribution in [0, 0.1) is 5.92 Å². The minimum absolute atomic E-state index is 0.109. The number of rotatable bonds is 6. The molecule has 6 rings (SSSR count). The lowest BCUT2D eigenvalue weighted by atomic mass is 9.87. The molecule has 3 heterocycles. The van der Waals surface area contributed by atoms with Crippen LogP contribution in [0.5, 0.6) is 0 Å². The van der Waals surface area contributed by atoms with Gasteiger partial charge in [0.2, 0.25) is 11.8 Å². The normalized spacial score (nSPS) is 20.6. The Morgan fingerprint density at radius 1 is 0.816 bits per heavy atom. The molecule has 3 aliphatic heterocycles. The second-order valence-corrected chi connectivity index (χ2v) is 10.8. The molecule has 3 aromatic carbocycles. The Labute approximate surface area is 223 Å². The van der Waals surface area contributed by atoms with Crippen molar-refractivity contribution >= 4 is 17.7 Å². The Balaban J connectivity index is 1.11. The van der Waals surface area contributed by atoms with E-state index in [0.29, 0.717) is 24.4 Å². The molecule has 2 fully saturated rings. The number of imide groups is 1. The molecule has 0 bridgehead atoms. The summed E-state index contributed by atoms with van der Waals surface area (Å²) in [5.74, 6) is -0.136. The van der Waals surface area contributed by atoms with Crippen molar-refractivity contribution in [3.8, 4) is 0 Å². The van der Waals surface area contributed by atoms with E-state index >= 15 is 0 Å². The van der Waals surface area contributed by atoms with Gasteiger partial charge in [0.1, 0.15) is 6.04 Å². The van der Waals surface area contributed by atoms with Gasteiger partial charge in [0.15, 0.2) is 0 Å².